The minimum Gasteiger partial charge on any atom is -0.480 e. The van der Waals surface area contributed by atoms with Gasteiger partial charge >= 0.3 is 5.97 Å². The molecule has 1 rings (SSSR count). The Hall–Kier alpha value is -1.55. The molecule has 0 spiro atoms. The highest BCUT2D eigenvalue weighted by molar-refractivity contribution is 5.68. The van der Waals surface area contributed by atoms with Crippen molar-refractivity contribution in [3.8, 4) is 5.75 Å². The van der Waals surface area contributed by atoms with Gasteiger partial charge in [0.1, 0.15) is 12.4 Å². The van der Waals surface area contributed by atoms with Gasteiger partial charge in [-0.3, -0.25) is 0 Å². The SMILES string of the molecule is CCCCc1ccccc1OC(C)OCC(=O)O. The number of hydrogen-bond donors (Lipinski definition) is 1. The summed E-state index contributed by atoms with van der Waals surface area (Å²) in [5.74, 6) is -0.228. The van der Waals surface area contributed by atoms with Gasteiger partial charge < -0.3 is 14.6 Å². The number of unbranched alkanes of at least 4 members (excludes halogenated alkanes) is 1. The molecule has 0 fully saturated rings. The van der Waals surface area contributed by atoms with Gasteiger partial charge in [0.25, 0.3) is 0 Å². The molecule has 18 heavy (non-hydrogen) atoms. The maximum atomic E-state index is 10.4. The highest BCUT2D eigenvalue weighted by Crippen LogP contribution is 2.21. The average Bonchev–Trinajstić information content (AvgIpc) is 2.35. The third kappa shape index (κ3) is 5.19. The van der Waals surface area contributed by atoms with Crippen molar-refractivity contribution in [3.05, 3.63) is 29.8 Å². The van der Waals surface area contributed by atoms with Crippen LogP contribution < -0.4 is 4.74 Å². The molecular weight excluding hydrogens is 232 g/mol. The zero-order valence-electron chi connectivity index (χ0n) is 10.9. The van der Waals surface area contributed by atoms with Gasteiger partial charge in [-0.25, -0.2) is 4.79 Å². The molecule has 0 heterocycles. The van der Waals surface area contributed by atoms with E-state index in [0.29, 0.717) is 0 Å². The summed E-state index contributed by atoms with van der Waals surface area (Å²) in [6.07, 6.45) is 2.62. The van der Waals surface area contributed by atoms with E-state index in [4.69, 9.17) is 14.6 Å². The number of rotatable bonds is 8. The van der Waals surface area contributed by atoms with Crippen LogP contribution in [0, 0.1) is 0 Å². The number of aryl methyl sites for hydroxylation is 1. The van der Waals surface area contributed by atoms with E-state index in [9.17, 15) is 4.79 Å². The summed E-state index contributed by atoms with van der Waals surface area (Å²) >= 11 is 0. The van der Waals surface area contributed by atoms with Crippen LogP contribution in [0.25, 0.3) is 0 Å². The molecule has 100 valence electrons. The number of carboxylic acids is 1. The molecular formula is C14H20O4. The molecule has 0 saturated heterocycles. The molecule has 0 radical (unpaired) electrons. The summed E-state index contributed by atoms with van der Waals surface area (Å²) in [5, 5.41) is 8.52. The Morgan fingerprint density at radius 2 is 2.11 bits per heavy atom. The Kier molecular flexibility index (Phi) is 6.22. The average molecular weight is 252 g/mol. The van der Waals surface area contributed by atoms with Gasteiger partial charge in [-0.2, -0.15) is 0 Å². The summed E-state index contributed by atoms with van der Waals surface area (Å²) < 4.78 is 10.7. The van der Waals surface area contributed by atoms with Gasteiger partial charge in [0.05, 0.1) is 0 Å². The van der Waals surface area contributed by atoms with Gasteiger partial charge in [0.2, 0.25) is 0 Å². The van der Waals surface area contributed by atoms with Crippen LogP contribution in [-0.4, -0.2) is 24.0 Å². The molecule has 1 atom stereocenters. The monoisotopic (exact) mass is 252 g/mol. The standard InChI is InChI=1S/C14H20O4/c1-3-4-7-12-8-5-6-9-13(12)18-11(2)17-10-14(15)16/h5-6,8-9,11H,3-4,7,10H2,1-2H3,(H,15,16). The minimum absolute atomic E-state index is 0.349. The minimum atomic E-state index is -0.996. The smallest absolute Gasteiger partial charge is 0.329 e. The van der Waals surface area contributed by atoms with E-state index >= 15 is 0 Å². The number of hydrogen-bond acceptors (Lipinski definition) is 3. The van der Waals surface area contributed by atoms with Gasteiger partial charge in [0, 0.05) is 0 Å². The fourth-order valence-electron chi connectivity index (χ4n) is 1.59. The van der Waals surface area contributed by atoms with Crippen molar-refractivity contribution < 1.29 is 19.4 Å². The number of ether oxygens (including phenoxy) is 2. The second-order valence-electron chi connectivity index (χ2n) is 4.10. The Morgan fingerprint density at radius 1 is 1.39 bits per heavy atom. The first-order valence-corrected chi connectivity index (χ1v) is 6.21. The second kappa shape index (κ2) is 7.71. The first-order chi connectivity index (χ1) is 8.63. The molecule has 0 saturated carbocycles. The Morgan fingerprint density at radius 3 is 2.78 bits per heavy atom. The van der Waals surface area contributed by atoms with Crippen LogP contribution in [0.4, 0.5) is 0 Å². The Balaban J connectivity index is 2.56. The normalized spacial score (nSPS) is 12.1. The molecule has 0 aliphatic rings. The Labute approximate surface area is 108 Å². The molecule has 1 unspecified atom stereocenters. The zero-order valence-corrected chi connectivity index (χ0v) is 10.9. The first kappa shape index (κ1) is 14.5. The van der Waals surface area contributed by atoms with Crippen LogP contribution in [0.15, 0.2) is 24.3 Å². The van der Waals surface area contributed by atoms with E-state index in [-0.39, 0.29) is 6.61 Å². The number of carbonyl (C=O) groups is 1. The first-order valence-electron chi connectivity index (χ1n) is 6.21. The fourth-order valence-corrected chi connectivity index (χ4v) is 1.59. The van der Waals surface area contributed by atoms with E-state index in [1.807, 2.05) is 24.3 Å². The van der Waals surface area contributed by atoms with E-state index < -0.39 is 12.3 Å². The van der Waals surface area contributed by atoms with E-state index in [1.54, 1.807) is 6.92 Å². The maximum absolute atomic E-state index is 10.4. The molecule has 1 aromatic rings. The molecule has 0 aliphatic heterocycles. The predicted octanol–water partition coefficient (Wildman–Crippen LogP) is 2.86. The summed E-state index contributed by atoms with van der Waals surface area (Å²) in [5.41, 5.74) is 1.13. The molecule has 4 nitrogen and oxygen atoms in total. The van der Waals surface area contributed by atoms with Crippen LogP contribution in [0.1, 0.15) is 32.3 Å². The van der Waals surface area contributed by atoms with Crippen LogP contribution in [0.5, 0.6) is 5.75 Å². The molecule has 1 aromatic carbocycles. The number of carboxylic acid groups (broad SMARTS) is 1. The Bertz CT molecular complexity index is 376. The van der Waals surface area contributed by atoms with Crippen LogP contribution in [0.3, 0.4) is 0 Å². The van der Waals surface area contributed by atoms with Crippen molar-refractivity contribution in [3.63, 3.8) is 0 Å². The largest absolute Gasteiger partial charge is 0.480 e. The highest BCUT2D eigenvalue weighted by Gasteiger charge is 2.09. The van der Waals surface area contributed by atoms with Crippen LogP contribution in [-0.2, 0) is 16.0 Å². The third-order valence-electron chi connectivity index (χ3n) is 2.51. The van der Waals surface area contributed by atoms with Gasteiger partial charge in [-0.05, 0) is 31.4 Å². The van der Waals surface area contributed by atoms with Crippen molar-refractivity contribution >= 4 is 5.97 Å². The van der Waals surface area contributed by atoms with Crippen LogP contribution in [0.2, 0.25) is 0 Å². The molecule has 0 amide bonds. The van der Waals surface area contributed by atoms with Gasteiger partial charge in [0.15, 0.2) is 6.29 Å². The number of benzene rings is 1. The highest BCUT2D eigenvalue weighted by atomic mass is 16.7. The topological polar surface area (TPSA) is 55.8 Å². The van der Waals surface area contributed by atoms with Crippen molar-refractivity contribution in [1.29, 1.82) is 0 Å². The van der Waals surface area contributed by atoms with E-state index in [2.05, 4.69) is 6.92 Å². The second-order valence-corrected chi connectivity index (χ2v) is 4.10. The molecule has 4 heteroatoms. The van der Waals surface area contributed by atoms with E-state index in [1.165, 1.54) is 0 Å². The van der Waals surface area contributed by atoms with Gasteiger partial charge in [-0.1, -0.05) is 31.5 Å². The van der Waals surface area contributed by atoms with Crippen molar-refractivity contribution in [2.75, 3.05) is 6.61 Å². The van der Waals surface area contributed by atoms with Crippen LogP contribution >= 0.6 is 0 Å². The predicted molar refractivity (Wildman–Crippen MR) is 68.7 cm³/mol. The number of aliphatic carboxylic acids is 1. The van der Waals surface area contributed by atoms with Crippen molar-refractivity contribution in [1.82, 2.24) is 0 Å². The molecule has 1 N–H and O–H groups in total. The van der Waals surface area contributed by atoms with Crippen molar-refractivity contribution in [2.45, 2.75) is 39.4 Å². The summed E-state index contributed by atoms with van der Waals surface area (Å²) in [7, 11) is 0. The lowest BCUT2D eigenvalue weighted by atomic mass is 10.1. The lowest BCUT2D eigenvalue weighted by Crippen LogP contribution is -2.21. The quantitative estimate of drug-likeness (QED) is 0.723. The lowest BCUT2D eigenvalue weighted by Gasteiger charge is -2.17. The summed E-state index contributed by atoms with van der Waals surface area (Å²) in [6, 6.07) is 7.77. The molecule has 0 aliphatic carbocycles. The summed E-state index contributed by atoms with van der Waals surface area (Å²) in [4.78, 5) is 10.4. The van der Waals surface area contributed by atoms with Gasteiger partial charge in [-0.15, -0.1) is 0 Å². The lowest BCUT2D eigenvalue weighted by molar-refractivity contribution is -0.151. The van der Waals surface area contributed by atoms with Crippen molar-refractivity contribution in [2.24, 2.45) is 0 Å². The molecule has 0 aromatic heterocycles. The molecule has 0 bridgehead atoms. The summed E-state index contributed by atoms with van der Waals surface area (Å²) in [6.45, 7) is 3.49. The number of para-hydroxylation sites is 1. The van der Waals surface area contributed by atoms with E-state index in [0.717, 1.165) is 30.6 Å². The maximum Gasteiger partial charge on any atom is 0.329 e. The zero-order chi connectivity index (χ0) is 13.4. The third-order valence-corrected chi connectivity index (χ3v) is 2.51. The fraction of sp³-hybridized carbons (Fsp3) is 0.500.